The molecule has 0 unspecified atom stereocenters. The van der Waals surface area contributed by atoms with E-state index < -0.39 is 0 Å². The van der Waals surface area contributed by atoms with Crippen LogP contribution in [-0.4, -0.2) is 13.0 Å². The van der Waals surface area contributed by atoms with E-state index >= 15 is 0 Å². The first-order chi connectivity index (χ1) is 6.15. The van der Waals surface area contributed by atoms with E-state index in [0.717, 1.165) is 4.47 Å². The van der Waals surface area contributed by atoms with Gasteiger partial charge in [0, 0.05) is 15.7 Å². The number of hydroxylamine groups is 1. The lowest BCUT2D eigenvalue weighted by molar-refractivity contribution is 0.0537. The number of carbonyl (C=O) groups is 1. The van der Waals surface area contributed by atoms with Gasteiger partial charge in [0.25, 0.3) is 5.91 Å². The Balaban J connectivity index is 2.90. The monoisotopic (exact) mass is 244 g/mol. The Kier molecular flexibility index (Phi) is 3.27. The number of hydrogen-bond acceptors (Lipinski definition) is 3. The molecule has 0 saturated heterocycles. The summed E-state index contributed by atoms with van der Waals surface area (Å²) in [6.45, 7) is 0. The predicted molar refractivity (Wildman–Crippen MR) is 53.0 cm³/mol. The van der Waals surface area contributed by atoms with Crippen LogP contribution in [0.4, 0.5) is 5.69 Å². The molecule has 0 saturated carbocycles. The van der Waals surface area contributed by atoms with Crippen LogP contribution < -0.4 is 11.2 Å². The van der Waals surface area contributed by atoms with Crippen LogP contribution in [0.3, 0.4) is 0 Å². The average molecular weight is 245 g/mol. The number of carbonyl (C=O) groups excluding carboxylic acids is 1. The lowest BCUT2D eigenvalue weighted by Crippen LogP contribution is -2.21. The number of amides is 1. The average Bonchev–Trinajstić information content (AvgIpc) is 2.10. The molecule has 5 heteroatoms. The molecule has 13 heavy (non-hydrogen) atoms. The minimum atomic E-state index is -0.318. The van der Waals surface area contributed by atoms with E-state index in [0.29, 0.717) is 11.3 Å². The minimum absolute atomic E-state index is 0.318. The fourth-order valence-corrected chi connectivity index (χ4v) is 1.08. The summed E-state index contributed by atoms with van der Waals surface area (Å²) >= 11 is 3.23. The topological polar surface area (TPSA) is 64.3 Å². The van der Waals surface area contributed by atoms with Crippen LogP contribution in [0.1, 0.15) is 10.4 Å². The molecular weight excluding hydrogens is 236 g/mol. The highest BCUT2D eigenvalue weighted by molar-refractivity contribution is 9.10. The standard InChI is InChI=1S/C8H9BrN2O2/c1-13-11-8(12)5-2-3-6(9)7(10)4-5/h2-4H,10H2,1H3,(H,11,12). The Bertz CT molecular complexity index is 328. The number of benzene rings is 1. The second kappa shape index (κ2) is 4.25. The van der Waals surface area contributed by atoms with Crippen LogP contribution in [0.5, 0.6) is 0 Å². The zero-order valence-electron chi connectivity index (χ0n) is 7.00. The van der Waals surface area contributed by atoms with Crippen LogP contribution in [0.2, 0.25) is 0 Å². The molecule has 0 aliphatic carbocycles. The number of anilines is 1. The normalized spacial score (nSPS) is 9.69. The summed E-state index contributed by atoms with van der Waals surface area (Å²) in [5.74, 6) is -0.318. The molecule has 0 aliphatic heterocycles. The maximum Gasteiger partial charge on any atom is 0.274 e. The van der Waals surface area contributed by atoms with Gasteiger partial charge < -0.3 is 5.73 Å². The van der Waals surface area contributed by atoms with Crippen molar-refractivity contribution in [3.63, 3.8) is 0 Å². The third-order valence-electron chi connectivity index (χ3n) is 1.45. The van der Waals surface area contributed by atoms with Crippen molar-refractivity contribution in [2.45, 2.75) is 0 Å². The van der Waals surface area contributed by atoms with Crippen molar-refractivity contribution in [2.75, 3.05) is 12.8 Å². The summed E-state index contributed by atoms with van der Waals surface area (Å²) in [7, 11) is 1.38. The summed E-state index contributed by atoms with van der Waals surface area (Å²) in [6.07, 6.45) is 0. The third-order valence-corrected chi connectivity index (χ3v) is 2.18. The largest absolute Gasteiger partial charge is 0.398 e. The molecule has 0 radical (unpaired) electrons. The van der Waals surface area contributed by atoms with Crippen molar-refractivity contribution < 1.29 is 9.63 Å². The van der Waals surface area contributed by atoms with Gasteiger partial charge in [-0.2, -0.15) is 0 Å². The number of nitrogen functional groups attached to an aromatic ring is 1. The van der Waals surface area contributed by atoms with Gasteiger partial charge in [0.2, 0.25) is 0 Å². The van der Waals surface area contributed by atoms with E-state index in [-0.39, 0.29) is 5.91 Å². The summed E-state index contributed by atoms with van der Waals surface area (Å²) in [4.78, 5) is 15.7. The van der Waals surface area contributed by atoms with Gasteiger partial charge in [0.1, 0.15) is 0 Å². The van der Waals surface area contributed by atoms with Crippen molar-refractivity contribution in [1.29, 1.82) is 0 Å². The summed E-state index contributed by atoms with van der Waals surface area (Å²) < 4.78 is 0.765. The maximum atomic E-state index is 11.2. The quantitative estimate of drug-likeness (QED) is 0.610. The van der Waals surface area contributed by atoms with Gasteiger partial charge >= 0.3 is 0 Å². The van der Waals surface area contributed by atoms with Crippen LogP contribution >= 0.6 is 15.9 Å². The molecule has 4 nitrogen and oxygen atoms in total. The number of nitrogens with two attached hydrogens (primary N) is 1. The Morgan fingerprint density at radius 1 is 1.62 bits per heavy atom. The van der Waals surface area contributed by atoms with E-state index in [4.69, 9.17) is 5.73 Å². The lowest BCUT2D eigenvalue weighted by Gasteiger charge is -2.03. The van der Waals surface area contributed by atoms with Crippen LogP contribution in [0, 0.1) is 0 Å². The van der Waals surface area contributed by atoms with E-state index in [1.54, 1.807) is 18.2 Å². The van der Waals surface area contributed by atoms with Gasteiger partial charge in [-0.1, -0.05) is 0 Å². The smallest absolute Gasteiger partial charge is 0.274 e. The zero-order chi connectivity index (χ0) is 9.84. The molecule has 1 aromatic rings. The van der Waals surface area contributed by atoms with E-state index in [9.17, 15) is 4.79 Å². The molecule has 0 spiro atoms. The molecule has 0 bridgehead atoms. The zero-order valence-corrected chi connectivity index (χ0v) is 8.59. The Morgan fingerprint density at radius 3 is 2.85 bits per heavy atom. The van der Waals surface area contributed by atoms with E-state index in [1.165, 1.54) is 7.11 Å². The Hall–Kier alpha value is -1.07. The van der Waals surface area contributed by atoms with Crippen molar-refractivity contribution in [2.24, 2.45) is 0 Å². The first kappa shape index (κ1) is 10.0. The molecular formula is C8H9BrN2O2. The number of nitrogens with one attached hydrogen (secondary N) is 1. The van der Waals surface area contributed by atoms with Crippen molar-refractivity contribution in [3.8, 4) is 0 Å². The van der Waals surface area contributed by atoms with Gasteiger partial charge in [-0.3, -0.25) is 9.63 Å². The van der Waals surface area contributed by atoms with Crippen molar-refractivity contribution >= 4 is 27.5 Å². The van der Waals surface area contributed by atoms with Gasteiger partial charge in [-0.25, -0.2) is 5.48 Å². The van der Waals surface area contributed by atoms with Crippen LogP contribution in [0.25, 0.3) is 0 Å². The van der Waals surface area contributed by atoms with Gasteiger partial charge in [-0.05, 0) is 34.1 Å². The molecule has 0 aromatic heterocycles. The van der Waals surface area contributed by atoms with Crippen LogP contribution in [0.15, 0.2) is 22.7 Å². The SMILES string of the molecule is CONC(=O)c1ccc(Br)c(N)c1. The highest BCUT2D eigenvalue weighted by Gasteiger charge is 2.05. The van der Waals surface area contributed by atoms with E-state index in [1.807, 2.05) is 0 Å². The molecule has 1 aromatic carbocycles. The van der Waals surface area contributed by atoms with Gasteiger partial charge in [0.05, 0.1) is 7.11 Å². The maximum absolute atomic E-state index is 11.2. The fourth-order valence-electron chi connectivity index (χ4n) is 0.837. The first-order valence-electron chi connectivity index (χ1n) is 3.53. The molecule has 70 valence electrons. The number of hydrogen-bond donors (Lipinski definition) is 2. The second-order valence-electron chi connectivity index (χ2n) is 2.37. The first-order valence-corrected chi connectivity index (χ1v) is 4.33. The highest BCUT2D eigenvalue weighted by Crippen LogP contribution is 2.19. The minimum Gasteiger partial charge on any atom is -0.398 e. The number of rotatable bonds is 2. The third kappa shape index (κ3) is 2.43. The molecule has 1 amide bonds. The molecule has 1 rings (SSSR count). The van der Waals surface area contributed by atoms with Gasteiger partial charge in [0.15, 0.2) is 0 Å². The van der Waals surface area contributed by atoms with Gasteiger partial charge in [-0.15, -0.1) is 0 Å². The van der Waals surface area contributed by atoms with Crippen molar-refractivity contribution in [1.82, 2.24) is 5.48 Å². The molecule has 3 N–H and O–H groups in total. The second-order valence-corrected chi connectivity index (χ2v) is 3.23. The Morgan fingerprint density at radius 2 is 2.31 bits per heavy atom. The van der Waals surface area contributed by atoms with E-state index in [2.05, 4.69) is 26.2 Å². The fraction of sp³-hybridized carbons (Fsp3) is 0.125. The highest BCUT2D eigenvalue weighted by atomic mass is 79.9. The Labute approximate surface area is 84.1 Å². The molecule has 0 aliphatic rings. The summed E-state index contributed by atoms with van der Waals surface area (Å²) in [6, 6.07) is 4.92. The molecule has 0 fully saturated rings. The molecule has 0 atom stereocenters. The predicted octanol–water partition coefficient (Wildman–Crippen LogP) is 1.32. The van der Waals surface area contributed by atoms with Crippen LogP contribution in [-0.2, 0) is 4.84 Å². The van der Waals surface area contributed by atoms with Crippen molar-refractivity contribution in [3.05, 3.63) is 28.2 Å². The lowest BCUT2D eigenvalue weighted by atomic mass is 10.2. The summed E-state index contributed by atoms with van der Waals surface area (Å²) in [5.41, 5.74) is 8.76. The number of halogens is 1. The molecule has 0 heterocycles. The summed E-state index contributed by atoms with van der Waals surface area (Å²) in [5, 5.41) is 0.